The van der Waals surface area contributed by atoms with Crippen LogP contribution in [0.3, 0.4) is 0 Å². The lowest BCUT2D eigenvalue weighted by Crippen LogP contribution is -2.51. The molecular weight excluding hydrogens is 347 g/mol. The summed E-state index contributed by atoms with van der Waals surface area (Å²) in [6, 6.07) is 4.30. The van der Waals surface area contributed by atoms with E-state index in [2.05, 4.69) is 37.6 Å². The average molecular weight is 366 g/mol. The number of guanidine groups is 1. The lowest BCUT2D eigenvalue weighted by atomic mass is 10.3. The Labute approximate surface area is 124 Å². The molecule has 0 bridgehead atoms. The molecule has 0 atom stereocenters. The minimum atomic E-state index is 0. The van der Waals surface area contributed by atoms with Gasteiger partial charge >= 0.3 is 0 Å². The Morgan fingerprint density at radius 3 is 2.53 bits per heavy atom. The molecule has 0 aromatic carbocycles. The zero-order valence-corrected chi connectivity index (χ0v) is 13.4. The molecule has 1 fully saturated rings. The predicted molar refractivity (Wildman–Crippen MR) is 85.9 cm³/mol. The fourth-order valence-corrected chi connectivity index (χ4v) is 2.79. The van der Waals surface area contributed by atoms with Gasteiger partial charge in [-0.1, -0.05) is 0 Å². The van der Waals surface area contributed by atoms with Gasteiger partial charge in [0.1, 0.15) is 0 Å². The summed E-state index contributed by atoms with van der Waals surface area (Å²) in [6.45, 7) is 4.21. The summed E-state index contributed by atoms with van der Waals surface area (Å²) in [4.78, 5) is 8.96. The first kappa shape index (κ1) is 14.6. The number of rotatable bonds is 1. The standard InChI is InChI=1S/C11H18N4S.HI/c1-12-11(13-2)15-7-5-14(6-8-15)10-4-3-9-16-10;/h3-4,9H,5-8H2,1-2H3,(H,12,13);1H. The molecule has 2 rings (SSSR count). The highest BCUT2D eigenvalue weighted by atomic mass is 127. The number of hydrogen-bond donors (Lipinski definition) is 1. The maximum Gasteiger partial charge on any atom is 0.193 e. The minimum Gasteiger partial charge on any atom is -0.360 e. The molecule has 1 aliphatic heterocycles. The van der Waals surface area contributed by atoms with E-state index in [9.17, 15) is 0 Å². The van der Waals surface area contributed by atoms with Crippen LogP contribution in [0.1, 0.15) is 0 Å². The molecule has 1 aliphatic rings. The van der Waals surface area contributed by atoms with Crippen molar-refractivity contribution in [3.05, 3.63) is 17.5 Å². The summed E-state index contributed by atoms with van der Waals surface area (Å²) in [5.74, 6) is 0.992. The Morgan fingerprint density at radius 2 is 2.06 bits per heavy atom. The fraction of sp³-hybridized carbons (Fsp3) is 0.545. The summed E-state index contributed by atoms with van der Waals surface area (Å²) >= 11 is 1.81. The summed E-state index contributed by atoms with van der Waals surface area (Å²) in [5.41, 5.74) is 0. The van der Waals surface area contributed by atoms with Crippen LogP contribution in [-0.2, 0) is 0 Å². The largest absolute Gasteiger partial charge is 0.360 e. The Kier molecular flexibility index (Phi) is 6.04. The summed E-state index contributed by atoms with van der Waals surface area (Å²) in [5, 5.41) is 6.64. The summed E-state index contributed by atoms with van der Waals surface area (Å²) < 4.78 is 0. The van der Waals surface area contributed by atoms with E-state index in [1.54, 1.807) is 0 Å². The highest BCUT2D eigenvalue weighted by Gasteiger charge is 2.19. The number of nitrogens with zero attached hydrogens (tertiary/aromatic N) is 3. The molecular formula is C11H19IN4S. The van der Waals surface area contributed by atoms with E-state index in [0.29, 0.717) is 0 Å². The molecule has 1 aromatic rings. The summed E-state index contributed by atoms with van der Waals surface area (Å²) in [7, 11) is 3.76. The number of aliphatic imine (C=N–C) groups is 1. The van der Waals surface area contributed by atoms with Crippen LogP contribution in [0.15, 0.2) is 22.5 Å². The quantitative estimate of drug-likeness (QED) is 0.466. The van der Waals surface area contributed by atoms with Crippen LogP contribution in [0.2, 0.25) is 0 Å². The van der Waals surface area contributed by atoms with E-state index in [0.717, 1.165) is 32.1 Å². The highest BCUT2D eigenvalue weighted by Crippen LogP contribution is 2.22. The number of hydrogen-bond acceptors (Lipinski definition) is 3. The van der Waals surface area contributed by atoms with Gasteiger partial charge < -0.3 is 15.1 Å². The SMILES string of the molecule is CN=C(NC)N1CCN(c2cccs2)CC1.I. The molecule has 6 heteroatoms. The first-order valence-corrected chi connectivity index (χ1v) is 6.41. The van der Waals surface area contributed by atoms with Gasteiger partial charge in [0.15, 0.2) is 5.96 Å². The van der Waals surface area contributed by atoms with Crippen LogP contribution in [0.25, 0.3) is 0 Å². The third kappa shape index (κ3) is 3.48. The van der Waals surface area contributed by atoms with Gasteiger partial charge in [-0.05, 0) is 17.5 Å². The molecule has 0 amide bonds. The van der Waals surface area contributed by atoms with Gasteiger partial charge in [-0.15, -0.1) is 35.3 Å². The van der Waals surface area contributed by atoms with Crippen molar-refractivity contribution in [2.75, 3.05) is 45.2 Å². The van der Waals surface area contributed by atoms with E-state index in [-0.39, 0.29) is 24.0 Å². The first-order valence-electron chi connectivity index (χ1n) is 5.53. The molecule has 1 aromatic heterocycles. The normalized spacial score (nSPS) is 16.7. The van der Waals surface area contributed by atoms with Crippen LogP contribution in [0, 0.1) is 0 Å². The molecule has 0 aliphatic carbocycles. The Hall–Kier alpha value is -0.500. The van der Waals surface area contributed by atoms with Crippen molar-refractivity contribution < 1.29 is 0 Å². The third-order valence-electron chi connectivity index (χ3n) is 2.83. The highest BCUT2D eigenvalue weighted by molar-refractivity contribution is 14.0. The second kappa shape index (κ2) is 7.05. The molecule has 2 heterocycles. The van der Waals surface area contributed by atoms with Crippen molar-refractivity contribution in [2.45, 2.75) is 0 Å². The van der Waals surface area contributed by atoms with Crippen molar-refractivity contribution in [1.29, 1.82) is 0 Å². The molecule has 4 nitrogen and oxygen atoms in total. The van der Waals surface area contributed by atoms with E-state index in [1.165, 1.54) is 5.00 Å². The monoisotopic (exact) mass is 366 g/mol. The van der Waals surface area contributed by atoms with Crippen molar-refractivity contribution in [3.8, 4) is 0 Å². The number of halogens is 1. The van der Waals surface area contributed by atoms with E-state index >= 15 is 0 Å². The Balaban J connectivity index is 0.00000144. The molecule has 0 radical (unpaired) electrons. The van der Waals surface area contributed by atoms with Crippen LogP contribution in [-0.4, -0.2) is 51.1 Å². The molecule has 0 unspecified atom stereocenters. The zero-order chi connectivity index (χ0) is 11.4. The van der Waals surface area contributed by atoms with E-state index in [4.69, 9.17) is 0 Å². The van der Waals surface area contributed by atoms with Crippen LogP contribution < -0.4 is 10.2 Å². The number of thiophene rings is 1. The van der Waals surface area contributed by atoms with E-state index < -0.39 is 0 Å². The lowest BCUT2D eigenvalue weighted by Gasteiger charge is -2.36. The van der Waals surface area contributed by atoms with Crippen LogP contribution >= 0.6 is 35.3 Å². The lowest BCUT2D eigenvalue weighted by molar-refractivity contribution is 0.376. The Morgan fingerprint density at radius 1 is 1.35 bits per heavy atom. The third-order valence-corrected chi connectivity index (χ3v) is 3.76. The molecule has 1 N–H and O–H groups in total. The maximum absolute atomic E-state index is 4.23. The number of anilines is 1. The number of piperazine rings is 1. The summed E-state index contributed by atoms with van der Waals surface area (Å²) in [6.07, 6.45) is 0. The maximum atomic E-state index is 4.23. The second-order valence-corrected chi connectivity index (χ2v) is 4.65. The molecule has 96 valence electrons. The van der Waals surface area contributed by atoms with Crippen LogP contribution in [0.4, 0.5) is 5.00 Å². The predicted octanol–water partition coefficient (Wildman–Crippen LogP) is 1.69. The fourth-order valence-electron chi connectivity index (χ4n) is 2.00. The Bertz CT molecular complexity index is 344. The van der Waals surface area contributed by atoms with Crippen molar-refractivity contribution in [2.24, 2.45) is 4.99 Å². The van der Waals surface area contributed by atoms with Gasteiger partial charge in [-0.25, -0.2) is 0 Å². The van der Waals surface area contributed by atoms with Gasteiger partial charge in [0.2, 0.25) is 0 Å². The van der Waals surface area contributed by atoms with Gasteiger partial charge in [-0.2, -0.15) is 0 Å². The van der Waals surface area contributed by atoms with Crippen molar-refractivity contribution in [3.63, 3.8) is 0 Å². The van der Waals surface area contributed by atoms with Gasteiger partial charge in [-0.3, -0.25) is 4.99 Å². The number of nitrogens with one attached hydrogen (secondary N) is 1. The first-order chi connectivity index (χ1) is 7.85. The zero-order valence-electron chi connectivity index (χ0n) is 10.2. The van der Waals surface area contributed by atoms with Gasteiger partial charge in [0.25, 0.3) is 0 Å². The van der Waals surface area contributed by atoms with Crippen molar-refractivity contribution in [1.82, 2.24) is 10.2 Å². The topological polar surface area (TPSA) is 30.9 Å². The molecule has 0 saturated carbocycles. The molecule has 1 saturated heterocycles. The van der Waals surface area contributed by atoms with Gasteiger partial charge in [0, 0.05) is 40.3 Å². The van der Waals surface area contributed by atoms with Crippen LogP contribution in [0.5, 0.6) is 0 Å². The smallest absolute Gasteiger partial charge is 0.193 e. The molecule has 17 heavy (non-hydrogen) atoms. The van der Waals surface area contributed by atoms with Crippen molar-refractivity contribution >= 4 is 46.3 Å². The average Bonchev–Trinajstić information content (AvgIpc) is 2.85. The molecule has 0 spiro atoms. The van der Waals surface area contributed by atoms with E-state index in [1.807, 2.05) is 25.4 Å². The minimum absolute atomic E-state index is 0. The second-order valence-electron chi connectivity index (χ2n) is 3.72. The van der Waals surface area contributed by atoms with Gasteiger partial charge in [0.05, 0.1) is 5.00 Å².